The van der Waals surface area contributed by atoms with Crippen molar-refractivity contribution in [1.82, 2.24) is 4.31 Å². The van der Waals surface area contributed by atoms with Crippen LogP contribution in [0.2, 0.25) is 0 Å². The molecule has 1 aliphatic rings. The molecular weight excluding hydrogens is 480 g/mol. The fraction of sp³-hybridized carbons (Fsp3) is 0.435. The second-order valence-corrected chi connectivity index (χ2v) is 10.8. The molecule has 1 heterocycles. The highest BCUT2D eigenvalue weighted by molar-refractivity contribution is 9.10. The number of hydrogen-bond acceptors (Lipinski definition) is 4. The van der Waals surface area contributed by atoms with Gasteiger partial charge in [0, 0.05) is 23.2 Å². The van der Waals surface area contributed by atoms with Crippen LogP contribution in [0.5, 0.6) is 5.75 Å². The third-order valence-corrected chi connectivity index (χ3v) is 8.09. The van der Waals surface area contributed by atoms with Crippen molar-refractivity contribution in [2.45, 2.75) is 44.9 Å². The third kappa shape index (κ3) is 5.13. The molecule has 0 radical (unpaired) electrons. The Labute approximate surface area is 193 Å². The molecule has 0 saturated carbocycles. The van der Waals surface area contributed by atoms with E-state index in [1.165, 1.54) is 4.31 Å². The van der Waals surface area contributed by atoms with Crippen LogP contribution in [-0.4, -0.2) is 38.8 Å². The monoisotopic (exact) mass is 508 g/mol. The number of amides is 1. The number of nitrogens with one attached hydrogen (secondary N) is 1. The molecule has 1 N–H and O–H groups in total. The van der Waals surface area contributed by atoms with Crippen LogP contribution in [0.15, 0.2) is 39.7 Å². The number of halogens is 1. The number of methoxy groups -OCH3 is 1. The fourth-order valence-corrected chi connectivity index (χ4v) is 6.26. The summed E-state index contributed by atoms with van der Waals surface area (Å²) in [6, 6.07) is 8.82. The van der Waals surface area contributed by atoms with Gasteiger partial charge in [0.25, 0.3) is 0 Å². The highest BCUT2D eigenvalue weighted by atomic mass is 79.9. The lowest BCUT2D eigenvalue weighted by Gasteiger charge is -2.31. The van der Waals surface area contributed by atoms with Crippen LogP contribution < -0.4 is 10.1 Å². The average Bonchev–Trinajstić information content (AvgIpc) is 2.75. The number of nitrogens with zero attached hydrogens (tertiary/aromatic N) is 1. The average molecular weight is 509 g/mol. The second kappa shape index (κ2) is 9.71. The Hall–Kier alpha value is -1.90. The molecule has 31 heavy (non-hydrogen) atoms. The minimum atomic E-state index is -3.68. The van der Waals surface area contributed by atoms with Gasteiger partial charge >= 0.3 is 0 Å². The number of benzene rings is 2. The molecule has 0 aliphatic carbocycles. The van der Waals surface area contributed by atoms with Crippen LogP contribution in [0.25, 0.3) is 0 Å². The molecule has 3 rings (SSSR count). The van der Waals surface area contributed by atoms with Crippen molar-refractivity contribution < 1.29 is 17.9 Å². The van der Waals surface area contributed by atoms with Crippen molar-refractivity contribution in [1.29, 1.82) is 0 Å². The van der Waals surface area contributed by atoms with E-state index in [0.29, 0.717) is 25.1 Å². The van der Waals surface area contributed by atoms with E-state index in [1.807, 2.05) is 32.9 Å². The largest absolute Gasteiger partial charge is 0.496 e. The number of sulfonamides is 1. The molecule has 0 bridgehead atoms. The van der Waals surface area contributed by atoms with Crippen LogP contribution in [0.4, 0.5) is 5.69 Å². The lowest BCUT2D eigenvalue weighted by molar-refractivity contribution is -0.120. The molecule has 168 valence electrons. The van der Waals surface area contributed by atoms with Gasteiger partial charge in [-0.2, -0.15) is 4.31 Å². The van der Waals surface area contributed by atoms with Gasteiger partial charge in [-0.3, -0.25) is 4.79 Å². The van der Waals surface area contributed by atoms with Crippen LogP contribution >= 0.6 is 15.9 Å². The van der Waals surface area contributed by atoms with Crippen molar-refractivity contribution in [2.24, 2.45) is 5.92 Å². The molecule has 0 aromatic heterocycles. The number of anilines is 1. The number of piperidine rings is 1. The van der Waals surface area contributed by atoms with Gasteiger partial charge in [0.2, 0.25) is 15.9 Å². The van der Waals surface area contributed by atoms with Crippen LogP contribution in [-0.2, 0) is 21.2 Å². The number of carbonyl (C=O) groups excluding carboxylic acids is 1. The summed E-state index contributed by atoms with van der Waals surface area (Å²) in [6.45, 7) is 6.41. The van der Waals surface area contributed by atoms with Gasteiger partial charge in [-0.15, -0.1) is 0 Å². The topological polar surface area (TPSA) is 75.7 Å². The molecule has 1 unspecified atom stereocenters. The zero-order valence-electron chi connectivity index (χ0n) is 18.4. The third-order valence-electron chi connectivity index (χ3n) is 5.77. The van der Waals surface area contributed by atoms with Crippen molar-refractivity contribution in [3.8, 4) is 5.75 Å². The predicted molar refractivity (Wildman–Crippen MR) is 126 cm³/mol. The zero-order chi connectivity index (χ0) is 22.8. The summed E-state index contributed by atoms with van der Waals surface area (Å²) in [5.41, 5.74) is 3.61. The van der Waals surface area contributed by atoms with Gasteiger partial charge in [-0.1, -0.05) is 22.9 Å². The standard InChI is InChI=1S/C23H29BrN2O4S/c1-5-17-13-19(24)11-16(3)22(17)25-23(27)18-7-6-10-26(14-18)31(28,29)20-8-9-21(30-4)15(2)12-20/h8-9,11-13,18H,5-7,10,14H2,1-4H3,(H,25,27). The van der Waals surface area contributed by atoms with Gasteiger partial charge in [0.15, 0.2) is 0 Å². The highest BCUT2D eigenvalue weighted by Crippen LogP contribution is 2.30. The van der Waals surface area contributed by atoms with Gasteiger partial charge < -0.3 is 10.1 Å². The molecule has 8 heteroatoms. The van der Waals surface area contributed by atoms with Crippen LogP contribution in [0.1, 0.15) is 36.5 Å². The van der Waals surface area contributed by atoms with E-state index in [1.54, 1.807) is 25.3 Å². The molecule has 1 amide bonds. The van der Waals surface area contributed by atoms with Gasteiger partial charge in [0.05, 0.1) is 17.9 Å². The van der Waals surface area contributed by atoms with Gasteiger partial charge in [0.1, 0.15) is 5.75 Å². The second-order valence-electron chi connectivity index (χ2n) is 7.93. The van der Waals surface area contributed by atoms with Crippen molar-refractivity contribution in [2.75, 3.05) is 25.5 Å². The molecule has 1 fully saturated rings. The summed E-state index contributed by atoms with van der Waals surface area (Å²) < 4.78 is 34.1. The molecule has 6 nitrogen and oxygen atoms in total. The van der Waals surface area contributed by atoms with E-state index < -0.39 is 15.9 Å². The van der Waals surface area contributed by atoms with Crippen LogP contribution in [0.3, 0.4) is 0 Å². The molecule has 2 aromatic rings. The predicted octanol–water partition coefficient (Wildman–Crippen LogP) is 4.68. The SMILES string of the molecule is CCc1cc(Br)cc(C)c1NC(=O)C1CCCN(S(=O)(=O)c2ccc(OC)c(C)c2)C1. The molecule has 1 aliphatic heterocycles. The van der Waals surface area contributed by atoms with E-state index in [9.17, 15) is 13.2 Å². The Morgan fingerprint density at radius 2 is 1.97 bits per heavy atom. The van der Waals surface area contributed by atoms with Crippen molar-refractivity contribution in [3.63, 3.8) is 0 Å². The Morgan fingerprint density at radius 1 is 1.23 bits per heavy atom. The van der Waals surface area contributed by atoms with Crippen molar-refractivity contribution >= 4 is 37.5 Å². The Kier molecular flexibility index (Phi) is 7.44. The lowest BCUT2D eigenvalue weighted by Crippen LogP contribution is -2.43. The summed E-state index contributed by atoms with van der Waals surface area (Å²) in [7, 11) is -2.13. The smallest absolute Gasteiger partial charge is 0.243 e. The Bertz CT molecular complexity index is 1090. The van der Waals surface area contributed by atoms with Gasteiger partial charge in [-0.25, -0.2) is 8.42 Å². The molecule has 1 atom stereocenters. The number of hydrogen-bond donors (Lipinski definition) is 1. The Balaban J connectivity index is 1.79. The van der Waals surface area contributed by atoms with E-state index in [2.05, 4.69) is 21.2 Å². The number of ether oxygens (including phenoxy) is 1. The van der Waals surface area contributed by atoms with Crippen LogP contribution in [0, 0.1) is 19.8 Å². The fourth-order valence-electron chi connectivity index (χ4n) is 4.03. The summed E-state index contributed by atoms with van der Waals surface area (Å²) >= 11 is 3.50. The molecule has 1 saturated heterocycles. The number of rotatable bonds is 6. The first-order chi connectivity index (χ1) is 14.7. The summed E-state index contributed by atoms with van der Waals surface area (Å²) in [5, 5.41) is 3.06. The van der Waals surface area contributed by atoms with E-state index in [-0.39, 0.29) is 17.3 Å². The Morgan fingerprint density at radius 3 is 2.61 bits per heavy atom. The maximum atomic E-state index is 13.2. The minimum Gasteiger partial charge on any atom is -0.496 e. The summed E-state index contributed by atoms with van der Waals surface area (Å²) in [6.07, 6.45) is 2.10. The van der Waals surface area contributed by atoms with E-state index in [4.69, 9.17) is 4.74 Å². The zero-order valence-corrected chi connectivity index (χ0v) is 20.8. The first-order valence-electron chi connectivity index (χ1n) is 10.4. The normalized spacial score (nSPS) is 17.4. The van der Waals surface area contributed by atoms with Gasteiger partial charge in [-0.05, 0) is 80.1 Å². The maximum absolute atomic E-state index is 13.2. The quantitative estimate of drug-likeness (QED) is 0.614. The maximum Gasteiger partial charge on any atom is 0.243 e. The number of aryl methyl sites for hydroxylation is 3. The lowest BCUT2D eigenvalue weighted by atomic mass is 9.98. The highest BCUT2D eigenvalue weighted by Gasteiger charge is 2.34. The first-order valence-corrected chi connectivity index (χ1v) is 12.6. The van der Waals surface area contributed by atoms with E-state index in [0.717, 1.165) is 33.3 Å². The number of carbonyl (C=O) groups is 1. The summed E-state index contributed by atoms with van der Waals surface area (Å²) in [5.74, 6) is 0.119. The first kappa shape index (κ1) is 23.8. The molecule has 0 spiro atoms. The minimum absolute atomic E-state index is 0.133. The van der Waals surface area contributed by atoms with Crippen molar-refractivity contribution in [3.05, 3.63) is 51.5 Å². The molecular formula is C23H29BrN2O4S. The molecule has 2 aromatic carbocycles. The van der Waals surface area contributed by atoms with E-state index >= 15 is 0 Å². The summed E-state index contributed by atoms with van der Waals surface area (Å²) in [4.78, 5) is 13.3.